The van der Waals surface area contributed by atoms with Crippen LogP contribution in [0.25, 0.3) is 0 Å². The molecule has 0 aromatic heterocycles. The quantitative estimate of drug-likeness (QED) is 0.734. The molecule has 0 spiro atoms. The fourth-order valence-electron chi connectivity index (χ4n) is 1.23. The van der Waals surface area contributed by atoms with E-state index in [0.29, 0.717) is 12.5 Å². The van der Waals surface area contributed by atoms with Gasteiger partial charge in [0.05, 0.1) is 0 Å². The lowest BCUT2D eigenvalue weighted by atomic mass is 9.98. The first-order chi connectivity index (χ1) is 5.74. The Morgan fingerprint density at radius 2 is 2.25 bits per heavy atom. The molecule has 2 heteroatoms. The zero-order valence-corrected chi connectivity index (χ0v) is 7.26. The van der Waals surface area contributed by atoms with E-state index in [4.69, 9.17) is 5.73 Å². The van der Waals surface area contributed by atoms with Gasteiger partial charge in [-0.25, -0.2) is 4.39 Å². The van der Waals surface area contributed by atoms with Gasteiger partial charge >= 0.3 is 0 Å². The molecule has 0 amide bonds. The number of hydrogen-bond acceptors (Lipinski definition) is 1. The lowest BCUT2D eigenvalue weighted by molar-refractivity contribution is 0.617. The van der Waals surface area contributed by atoms with E-state index in [2.05, 4.69) is 6.92 Å². The fraction of sp³-hybridized carbons (Fsp3) is 0.400. The van der Waals surface area contributed by atoms with E-state index in [1.165, 1.54) is 6.07 Å². The second kappa shape index (κ2) is 4.21. The SMILES string of the molecule is C[C@H](CCN)c1cccc(F)c1. The zero-order valence-electron chi connectivity index (χ0n) is 7.26. The molecule has 1 aromatic carbocycles. The Morgan fingerprint density at radius 3 is 2.83 bits per heavy atom. The van der Waals surface area contributed by atoms with Crippen molar-refractivity contribution in [3.8, 4) is 0 Å². The van der Waals surface area contributed by atoms with Crippen LogP contribution >= 0.6 is 0 Å². The zero-order chi connectivity index (χ0) is 8.97. The minimum atomic E-state index is -0.170. The lowest BCUT2D eigenvalue weighted by Crippen LogP contribution is -2.04. The first kappa shape index (κ1) is 9.20. The lowest BCUT2D eigenvalue weighted by Gasteiger charge is -2.09. The molecule has 12 heavy (non-hydrogen) atoms. The van der Waals surface area contributed by atoms with Gasteiger partial charge in [-0.1, -0.05) is 19.1 Å². The molecule has 1 nitrogen and oxygen atoms in total. The first-order valence-electron chi connectivity index (χ1n) is 4.19. The van der Waals surface area contributed by atoms with Gasteiger partial charge in [0.25, 0.3) is 0 Å². The van der Waals surface area contributed by atoms with Gasteiger partial charge in [-0.2, -0.15) is 0 Å². The van der Waals surface area contributed by atoms with Crippen molar-refractivity contribution in [1.29, 1.82) is 0 Å². The van der Waals surface area contributed by atoms with Crippen LogP contribution in [-0.2, 0) is 0 Å². The third-order valence-electron chi connectivity index (χ3n) is 2.02. The van der Waals surface area contributed by atoms with Gasteiger partial charge in [-0.3, -0.25) is 0 Å². The Hall–Kier alpha value is -0.890. The second-order valence-corrected chi connectivity index (χ2v) is 3.03. The topological polar surface area (TPSA) is 26.0 Å². The summed E-state index contributed by atoms with van der Waals surface area (Å²) in [5.74, 6) is 0.182. The summed E-state index contributed by atoms with van der Waals surface area (Å²) in [4.78, 5) is 0. The number of halogens is 1. The largest absolute Gasteiger partial charge is 0.330 e. The Balaban J connectivity index is 2.73. The maximum Gasteiger partial charge on any atom is 0.123 e. The molecule has 0 aliphatic carbocycles. The molecule has 0 saturated carbocycles. The number of hydrogen-bond donors (Lipinski definition) is 1. The van der Waals surface area contributed by atoms with Crippen molar-refractivity contribution < 1.29 is 4.39 Å². The number of nitrogens with two attached hydrogens (primary N) is 1. The highest BCUT2D eigenvalue weighted by Gasteiger charge is 2.04. The second-order valence-electron chi connectivity index (χ2n) is 3.03. The van der Waals surface area contributed by atoms with Gasteiger partial charge in [-0.15, -0.1) is 0 Å². The van der Waals surface area contributed by atoms with Crippen molar-refractivity contribution in [3.63, 3.8) is 0 Å². The average Bonchev–Trinajstić information content (AvgIpc) is 2.05. The maximum absolute atomic E-state index is 12.7. The van der Waals surface area contributed by atoms with Crippen LogP contribution in [0.1, 0.15) is 24.8 Å². The average molecular weight is 167 g/mol. The van der Waals surface area contributed by atoms with E-state index in [9.17, 15) is 4.39 Å². The standard InChI is InChI=1S/C10H14FN/c1-8(5-6-12)9-3-2-4-10(11)7-9/h2-4,7-8H,5-6,12H2,1H3/t8-/m1/s1. The van der Waals surface area contributed by atoms with Gasteiger partial charge in [0.1, 0.15) is 5.82 Å². The summed E-state index contributed by atoms with van der Waals surface area (Å²) in [7, 11) is 0. The van der Waals surface area contributed by atoms with Crippen LogP contribution in [0.15, 0.2) is 24.3 Å². The summed E-state index contributed by atoms with van der Waals surface area (Å²) < 4.78 is 12.7. The van der Waals surface area contributed by atoms with E-state index >= 15 is 0 Å². The number of rotatable bonds is 3. The van der Waals surface area contributed by atoms with Crippen molar-refractivity contribution in [2.24, 2.45) is 5.73 Å². The molecule has 1 aromatic rings. The molecular formula is C10H14FN. The van der Waals surface area contributed by atoms with E-state index in [0.717, 1.165) is 12.0 Å². The van der Waals surface area contributed by atoms with Gasteiger partial charge < -0.3 is 5.73 Å². The Morgan fingerprint density at radius 1 is 1.50 bits per heavy atom. The highest BCUT2D eigenvalue weighted by atomic mass is 19.1. The third-order valence-corrected chi connectivity index (χ3v) is 2.02. The third kappa shape index (κ3) is 2.31. The summed E-state index contributed by atoms with van der Waals surface area (Å²) >= 11 is 0. The molecule has 1 atom stereocenters. The Bertz CT molecular complexity index is 247. The normalized spacial score (nSPS) is 12.9. The van der Waals surface area contributed by atoms with E-state index < -0.39 is 0 Å². The molecule has 0 heterocycles. The molecule has 1 rings (SSSR count). The summed E-state index contributed by atoms with van der Waals surface area (Å²) in [6.07, 6.45) is 0.906. The monoisotopic (exact) mass is 167 g/mol. The Kier molecular flexibility index (Phi) is 3.23. The van der Waals surface area contributed by atoms with Crippen LogP contribution in [0.5, 0.6) is 0 Å². The Labute approximate surface area is 72.4 Å². The van der Waals surface area contributed by atoms with Crippen LogP contribution in [0.2, 0.25) is 0 Å². The predicted molar refractivity (Wildman–Crippen MR) is 48.5 cm³/mol. The molecule has 0 aliphatic heterocycles. The molecule has 0 saturated heterocycles. The predicted octanol–water partition coefficient (Wildman–Crippen LogP) is 2.28. The highest BCUT2D eigenvalue weighted by Crippen LogP contribution is 2.18. The summed E-state index contributed by atoms with van der Waals surface area (Å²) in [6.45, 7) is 2.71. The van der Waals surface area contributed by atoms with Crippen molar-refractivity contribution in [1.82, 2.24) is 0 Å². The van der Waals surface area contributed by atoms with Gasteiger partial charge in [0.2, 0.25) is 0 Å². The summed E-state index contributed by atoms with van der Waals surface area (Å²) in [5, 5.41) is 0. The van der Waals surface area contributed by atoms with Crippen molar-refractivity contribution in [2.45, 2.75) is 19.3 Å². The summed E-state index contributed by atoms with van der Waals surface area (Å²) in [5.41, 5.74) is 6.44. The van der Waals surface area contributed by atoms with Crippen LogP contribution in [0.4, 0.5) is 4.39 Å². The molecule has 0 aliphatic rings. The summed E-state index contributed by atoms with van der Waals surface area (Å²) in [6, 6.07) is 6.69. The molecule has 0 radical (unpaired) electrons. The van der Waals surface area contributed by atoms with E-state index in [-0.39, 0.29) is 5.82 Å². The molecule has 2 N–H and O–H groups in total. The van der Waals surface area contributed by atoms with Gasteiger partial charge in [0.15, 0.2) is 0 Å². The van der Waals surface area contributed by atoms with Gasteiger partial charge in [-0.05, 0) is 36.6 Å². The minimum absolute atomic E-state index is 0.170. The highest BCUT2D eigenvalue weighted by molar-refractivity contribution is 5.19. The van der Waals surface area contributed by atoms with Crippen molar-refractivity contribution in [3.05, 3.63) is 35.6 Å². The molecule has 66 valence electrons. The minimum Gasteiger partial charge on any atom is -0.330 e. The molecular weight excluding hydrogens is 153 g/mol. The smallest absolute Gasteiger partial charge is 0.123 e. The first-order valence-corrected chi connectivity index (χ1v) is 4.19. The fourth-order valence-corrected chi connectivity index (χ4v) is 1.23. The number of benzene rings is 1. The van der Waals surface area contributed by atoms with Gasteiger partial charge in [0, 0.05) is 0 Å². The van der Waals surface area contributed by atoms with E-state index in [1.54, 1.807) is 12.1 Å². The molecule has 0 fully saturated rings. The van der Waals surface area contributed by atoms with Crippen LogP contribution < -0.4 is 5.73 Å². The van der Waals surface area contributed by atoms with Crippen LogP contribution in [0, 0.1) is 5.82 Å². The molecule has 0 unspecified atom stereocenters. The molecule has 0 bridgehead atoms. The van der Waals surface area contributed by atoms with Crippen LogP contribution in [0.3, 0.4) is 0 Å². The van der Waals surface area contributed by atoms with Crippen molar-refractivity contribution in [2.75, 3.05) is 6.54 Å². The van der Waals surface area contributed by atoms with Crippen molar-refractivity contribution >= 4 is 0 Å². The van der Waals surface area contributed by atoms with Crippen LogP contribution in [-0.4, -0.2) is 6.54 Å². The maximum atomic E-state index is 12.7. The van der Waals surface area contributed by atoms with E-state index in [1.807, 2.05) is 6.07 Å².